The second-order valence-corrected chi connectivity index (χ2v) is 7.32. The van der Waals surface area contributed by atoms with Crippen molar-refractivity contribution < 1.29 is 28.6 Å². The molecule has 1 aromatic heterocycles. The minimum Gasteiger partial charge on any atom is -0.507 e. The van der Waals surface area contributed by atoms with Gasteiger partial charge in [0.2, 0.25) is 0 Å². The Morgan fingerprint density at radius 1 is 1.12 bits per heavy atom. The summed E-state index contributed by atoms with van der Waals surface area (Å²) in [7, 11) is 1.48. The molecule has 0 bridgehead atoms. The number of rotatable bonds is 6. The second kappa shape index (κ2) is 8.63. The van der Waals surface area contributed by atoms with Gasteiger partial charge < -0.3 is 19.0 Å². The molecular formula is C25H23NO6. The van der Waals surface area contributed by atoms with Crippen molar-refractivity contribution >= 4 is 23.1 Å². The maximum absolute atomic E-state index is 13.1. The lowest BCUT2D eigenvalue weighted by molar-refractivity contribution is -0.132. The lowest BCUT2D eigenvalue weighted by atomic mass is 9.97. The monoisotopic (exact) mass is 433 g/mol. The van der Waals surface area contributed by atoms with E-state index < -0.39 is 17.7 Å². The van der Waals surface area contributed by atoms with Crippen molar-refractivity contribution in [3.05, 3.63) is 83.3 Å². The van der Waals surface area contributed by atoms with Crippen molar-refractivity contribution in [3.63, 3.8) is 0 Å². The molecular weight excluding hydrogens is 410 g/mol. The smallest absolute Gasteiger partial charge is 0.300 e. The van der Waals surface area contributed by atoms with E-state index in [-0.39, 0.29) is 11.3 Å². The van der Waals surface area contributed by atoms with E-state index >= 15 is 0 Å². The molecule has 0 radical (unpaired) electrons. The van der Waals surface area contributed by atoms with Crippen molar-refractivity contribution in [2.24, 2.45) is 0 Å². The Kier molecular flexibility index (Phi) is 5.73. The number of ketones is 1. The highest BCUT2D eigenvalue weighted by atomic mass is 16.5. The fourth-order valence-electron chi connectivity index (χ4n) is 3.84. The molecule has 1 aliphatic heterocycles. The summed E-state index contributed by atoms with van der Waals surface area (Å²) in [6.07, 6.45) is 1.46. The Morgan fingerprint density at radius 2 is 1.88 bits per heavy atom. The molecule has 4 rings (SSSR count). The van der Waals surface area contributed by atoms with E-state index in [1.807, 2.05) is 19.9 Å². The maximum atomic E-state index is 13.1. The van der Waals surface area contributed by atoms with Crippen LogP contribution in [0.4, 0.5) is 5.69 Å². The van der Waals surface area contributed by atoms with Crippen molar-refractivity contribution in [2.45, 2.75) is 19.9 Å². The number of amides is 1. The van der Waals surface area contributed by atoms with E-state index in [9.17, 15) is 14.7 Å². The highest BCUT2D eigenvalue weighted by Crippen LogP contribution is 2.43. The van der Waals surface area contributed by atoms with Gasteiger partial charge in [0.05, 0.1) is 31.1 Å². The number of nitrogens with zero attached hydrogens (tertiary/aromatic N) is 1. The van der Waals surface area contributed by atoms with Crippen LogP contribution in [0.1, 0.15) is 29.9 Å². The minimum atomic E-state index is -0.937. The van der Waals surface area contributed by atoms with Crippen LogP contribution in [-0.2, 0) is 9.59 Å². The third-order valence-electron chi connectivity index (χ3n) is 5.29. The number of aliphatic hydroxyl groups excluding tert-OH is 1. The van der Waals surface area contributed by atoms with E-state index in [2.05, 4.69) is 0 Å². The molecule has 1 unspecified atom stereocenters. The molecule has 164 valence electrons. The highest BCUT2D eigenvalue weighted by molar-refractivity contribution is 6.51. The Hall–Kier alpha value is -4.00. The summed E-state index contributed by atoms with van der Waals surface area (Å²) in [4.78, 5) is 27.6. The number of carbonyl (C=O) groups excluding carboxylic acids is 2. The number of ether oxygens (including phenoxy) is 2. The van der Waals surface area contributed by atoms with Crippen molar-refractivity contribution in [3.8, 4) is 11.5 Å². The van der Waals surface area contributed by atoms with Gasteiger partial charge in [-0.25, -0.2) is 0 Å². The zero-order valence-electron chi connectivity index (χ0n) is 18.0. The number of Topliss-reactive ketones (excluding diaryl/α,β-unsaturated/α-hetero) is 1. The molecule has 1 atom stereocenters. The van der Waals surface area contributed by atoms with E-state index in [4.69, 9.17) is 13.9 Å². The summed E-state index contributed by atoms with van der Waals surface area (Å²) < 4.78 is 16.4. The first kappa shape index (κ1) is 21.2. The van der Waals surface area contributed by atoms with Crippen LogP contribution in [-0.4, -0.2) is 30.5 Å². The van der Waals surface area contributed by atoms with Crippen LogP contribution in [0.25, 0.3) is 5.76 Å². The average molecular weight is 433 g/mol. The SMILES string of the molecule is CCOc1ccc(N2C(=O)C(=O)/C(=C(\O)c3cc(C)ccc3OC)C2c2ccco2)cc1. The van der Waals surface area contributed by atoms with E-state index in [1.54, 1.807) is 48.5 Å². The van der Waals surface area contributed by atoms with Gasteiger partial charge in [-0.15, -0.1) is 0 Å². The fraction of sp³-hybridized carbons (Fsp3) is 0.200. The molecule has 1 aliphatic rings. The van der Waals surface area contributed by atoms with Crippen LogP contribution in [0.3, 0.4) is 0 Å². The maximum Gasteiger partial charge on any atom is 0.300 e. The largest absolute Gasteiger partial charge is 0.507 e. The van der Waals surface area contributed by atoms with Gasteiger partial charge in [-0.1, -0.05) is 11.6 Å². The molecule has 2 heterocycles. The fourth-order valence-corrected chi connectivity index (χ4v) is 3.84. The normalized spacial score (nSPS) is 17.6. The summed E-state index contributed by atoms with van der Waals surface area (Å²) in [5, 5.41) is 11.2. The molecule has 1 fully saturated rings. The van der Waals surface area contributed by atoms with Crippen LogP contribution >= 0.6 is 0 Å². The van der Waals surface area contributed by atoms with Crippen molar-refractivity contribution in [1.29, 1.82) is 0 Å². The molecule has 1 saturated heterocycles. The molecule has 1 N–H and O–H groups in total. The first-order chi connectivity index (χ1) is 15.5. The molecule has 0 aliphatic carbocycles. The number of aryl methyl sites for hydroxylation is 1. The summed E-state index contributed by atoms with van der Waals surface area (Å²) in [6, 6.07) is 14.5. The van der Waals surface area contributed by atoms with Crippen molar-refractivity contribution in [1.82, 2.24) is 0 Å². The zero-order valence-corrected chi connectivity index (χ0v) is 18.0. The number of benzene rings is 2. The standard InChI is InChI=1S/C25H23NO6/c1-4-31-17-10-8-16(9-11-17)26-22(20-6-5-13-32-20)21(24(28)25(26)29)23(27)18-14-15(2)7-12-19(18)30-3/h5-14,22,27H,4H2,1-3H3/b23-21-. The van der Waals surface area contributed by atoms with Gasteiger partial charge in [-0.3, -0.25) is 14.5 Å². The Balaban J connectivity index is 1.90. The van der Waals surface area contributed by atoms with Crippen LogP contribution in [0, 0.1) is 6.92 Å². The van der Waals surface area contributed by atoms with Gasteiger partial charge in [-0.2, -0.15) is 0 Å². The number of furan rings is 1. The zero-order chi connectivity index (χ0) is 22.8. The lowest BCUT2D eigenvalue weighted by Gasteiger charge is -2.23. The predicted molar refractivity (Wildman–Crippen MR) is 119 cm³/mol. The molecule has 32 heavy (non-hydrogen) atoms. The molecule has 3 aromatic rings. The number of hydrogen-bond acceptors (Lipinski definition) is 6. The summed E-state index contributed by atoms with van der Waals surface area (Å²) in [5.41, 5.74) is 1.60. The number of aliphatic hydroxyl groups is 1. The van der Waals surface area contributed by atoms with Gasteiger partial charge in [-0.05, 0) is 62.4 Å². The summed E-state index contributed by atoms with van der Waals surface area (Å²) in [6.45, 7) is 4.25. The molecule has 7 nitrogen and oxygen atoms in total. The van der Waals surface area contributed by atoms with Gasteiger partial charge in [0, 0.05) is 5.69 Å². The summed E-state index contributed by atoms with van der Waals surface area (Å²) >= 11 is 0. The Bertz CT molecular complexity index is 1180. The van der Waals surface area contributed by atoms with E-state index in [0.717, 1.165) is 5.56 Å². The molecule has 2 aromatic carbocycles. The van der Waals surface area contributed by atoms with Crippen LogP contribution in [0.15, 0.2) is 70.9 Å². The second-order valence-electron chi connectivity index (χ2n) is 7.32. The first-order valence-corrected chi connectivity index (χ1v) is 10.2. The quantitative estimate of drug-likeness (QED) is 0.347. The first-order valence-electron chi connectivity index (χ1n) is 10.2. The van der Waals surface area contributed by atoms with Gasteiger partial charge in [0.1, 0.15) is 29.1 Å². The summed E-state index contributed by atoms with van der Waals surface area (Å²) in [5.74, 6) is -0.500. The minimum absolute atomic E-state index is 0.0669. The van der Waals surface area contributed by atoms with Gasteiger partial charge in [0.25, 0.3) is 11.7 Å². The number of anilines is 1. The average Bonchev–Trinajstić information content (AvgIpc) is 3.41. The predicted octanol–water partition coefficient (Wildman–Crippen LogP) is 4.62. The molecule has 0 spiro atoms. The van der Waals surface area contributed by atoms with E-state index in [1.165, 1.54) is 18.3 Å². The van der Waals surface area contributed by atoms with Gasteiger partial charge >= 0.3 is 0 Å². The lowest BCUT2D eigenvalue weighted by Crippen LogP contribution is -2.29. The van der Waals surface area contributed by atoms with Crippen LogP contribution in [0.5, 0.6) is 11.5 Å². The van der Waals surface area contributed by atoms with Gasteiger partial charge in [0.15, 0.2) is 0 Å². The highest BCUT2D eigenvalue weighted by Gasteiger charge is 2.48. The number of methoxy groups -OCH3 is 1. The Morgan fingerprint density at radius 3 is 2.50 bits per heavy atom. The van der Waals surface area contributed by atoms with E-state index in [0.29, 0.717) is 35.1 Å². The van der Waals surface area contributed by atoms with Crippen molar-refractivity contribution in [2.75, 3.05) is 18.6 Å². The molecule has 7 heteroatoms. The van der Waals surface area contributed by atoms with Crippen LogP contribution in [0.2, 0.25) is 0 Å². The third kappa shape index (κ3) is 3.62. The van der Waals surface area contributed by atoms with Crippen LogP contribution < -0.4 is 14.4 Å². The number of hydrogen-bond donors (Lipinski definition) is 1. The Labute approximate surface area is 185 Å². The number of carbonyl (C=O) groups is 2. The molecule has 0 saturated carbocycles. The topological polar surface area (TPSA) is 89.2 Å². The molecule has 1 amide bonds. The third-order valence-corrected chi connectivity index (χ3v) is 5.29.